The molecule has 0 N–H and O–H groups in total. The highest BCUT2D eigenvalue weighted by molar-refractivity contribution is 5.75. The van der Waals surface area contributed by atoms with Crippen LogP contribution >= 0.6 is 0 Å². The van der Waals surface area contributed by atoms with Gasteiger partial charge < -0.3 is 0 Å². The molecule has 0 spiro atoms. The Morgan fingerprint density at radius 2 is 2.25 bits per heavy atom. The van der Waals surface area contributed by atoms with Gasteiger partial charge in [-0.2, -0.15) is 13.9 Å². The minimum atomic E-state index is -2.95. The maximum atomic E-state index is 13.3. The lowest BCUT2D eigenvalue weighted by atomic mass is 10.2. The Morgan fingerprint density at radius 1 is 1.62 bits per heavy atom. The SMILES string of the molecule is CC(=O)Cn1nc(C2CC2)cc1C(C)(F)F. The van der Waals surface area contributed by atoms with E-state index in [1.807, 2.05) is 0 Å². The number of hydrogen-bond acceptors (Lipinski definition) is 2. The second kappa shape index (κ2) is 3.64. The zero-order chi connectivity index (χ0) is 11.9. The molecule has 0 amide bonds. The second-order valence-corrected chi connectivity index (χ2v) is 4.48. The molecule has 1 aromatic rings. The van der Waals surface area contributed by atoms with Gasteiger partial charge in [0.1, 0.15) is 5.69 Å². The van der Waals surface area contributed by atoms with Crippen LogP contribution in [-0.2, 0) is 17.3 Å². The van der Waals surface area contributed by atoms with Crippen LogP contribution in [0.2, 0.25) is 0 Å². The van der Waals surface area contributed by atoms with Gasteiger partial charge in [-0.05, 0) is 25.8 Å². The van der Waals surface area contributed by atoms with Gasteiger partial charge in [-0.1, -0.05) is 0 Å². The first kappa shape index (κ1) is 11.2. The number of ketones is 1. The normalized spacial score (nSPS) is 16.5. The van der Waals surface area contributed by atoms with Gasteiger partial charge >= 0.3 is 0 Å². The molecular weight excluding hydrogens is 214 g/mol. The Balaban J connectivity index is 2.35. The van der Waals surface area contributed by atoms with E-state index >= 15 is 0 Å². The van der Waals surface area contributed by atoms with Crippen LogP contribution in [0.25, 0.3) is 0 Å². The molecule has 2 rings (SSSR count). The summed E-state index contributed by atoms with van der Waals surface area (Å²) in [6, 6.07) is 1.43. The van der Waals surface area contributed by atoms with Crippen molar-refractivity contribution in [1.82, 2.24) is 9.78 Å². The summed E-state index contributed by atoms with van der Waals surface area (Å²) >= 11 is 0. The fourth-order valence-electron chi connectivity index (χ4n) is 1.70. The fraction of sp³-hybridized carbons (Fsp3) is 0.636. The third kappa shape index (κ3) is 2.28. The van der Waals surface area contributed by atoms with Crippen LogP contribution in [0, 0.1) is 0 Å². The monoisotopic (exact) mass is 228 g/mol. The molecule has 0 saturated heterocycles. The summed E-state index contributed by atoms with van der Waals surface area (Å²) in [4.78, 5) is 11.0. The number of carbonyl (C=O) groups excluding carboxylic acids is 1. The minimum absolute atomic E-state index is 0.0779. The first-order valence-corrected chi connectivity index (χ1v) is 5.33. The zero-order valence-electron chi connectivity index (χ0n) is 9.33. The molecule has 1 heterocycles. The predicted molar refractivity (Wildman–Crippen MR) is 54.5 cm³/mol. The van der Waals surface area contributed by atoms with Crippen molar-refractivity contribution in [2.24, 2.45) is 0 Å². The molecule has 1 saturated carbocycles. The van der Waals surface area contributed by atoms with Crippen LogP contribution in [0.5, 0.6) is 0 Å². The van der Waals surface area contributed by atoms with E-state index in [0.29, 0.717) is 11.6 Å². The van der Waals surface area contributed by atoms with Gasteiger partial charge in [-0.25, -0.2) is 0 Å². The van der Waals surface area contributed by atoms with E-state index in [-0.39, 0.29) is 18.0 Å². The highest BCUT2D eigenvalue weighted by atomic mass is 19.3. The molecule has 0 aliphatic heterocycles. The molecule has 0 unspecified atom stereocenters. The lowest BCUT2D eigenvalue weighted by molar-refractivity contribution is -0.117. The average Bonchev–Trinajstić information content (AvgIpc) is 2.86. The molecule has 0 bridgehead atoms. The molecule has 16 heavy (non-hydrogen) atoms. The van der Waals surface area contributed by atoms with Crippen LogP contribution < -0.4 is 0 Å². The van der Waals surface area contributed by atoms with Crippen molar-refractivity contribution < 1.29 is 13.6 Å². The maximum Gasteiger partial charge on any atom is 0.286 e. The molecule has 5 heteroatoms. The summed E-state index contributed by atoms with van der Waals surface area (Å²) in [5, 5.41) is 4.09. The maximum absolute atomic E-state index is 13.3. The van der Waals surface area contributed by atoms with E-state index in [4.69, 9.17) is 0 Å². The van der Waals surface area contributed by atoms with Crippen LogP contribution in [0.4, 0.5) is 8.78 Å². The number of rotatable bonds is 4. The largest absolute Gasteiger partial charge is 0.298 e. The summed E-state index contributed by atoms with van der Waals surface area (Å²) in [6.45, 7) is 2.12. The number of halogens is 2. The van der Waals surface area contributed by atoms with Crippen molar-refractivity contribution in [3.8, 4) is 0 Å². The molecule has 1 aromatic heterocycles. The molecule has 88 valence electrons. The van der Waals surface area contributed by atoms with E-state index in [1.165, 1.54) is 13.0 Å². The van der Waals surface area contributed by atoms with Crippen molar-refractivity contribution in [3.63, 3.8) is 0 Å². The minimum Gasteiger partial charge on any atom is -0.298 e. The zero-order valence-corrected chi connectivity index (χ0v) is 9.33. The van der Waals surface area contributed by atoms with Crippen LogP contribution in [0.15, 0.2) is 6.07 Å². The molecule has 1 aliphatic carbocycles. The third-order valence-electron chi connectivity index (χ3n) is 2.62. The Morgan fingerprint density at radius 3 is 2.69 bits per heavy atom. The van der Waals surface area contributed by atoms with Crippen LogP contribution in [0.3, 0.4) is 0 Å². The van der Waals surface area contributed by atoms with Crippen LogP contribution in [-0.4, -0.2) is 15.6 Å². The summed E-state index contributed by atoms with van der Waals surface area (Å²) in [5.74, 6) is -2.81. The summed E-state index contributed by atoms with van der Waals surface area (Å²) in [6.07, 6.45) is 2.01. The van der Waals surface area contributed by atoms with Crippen molar-refractivity contribution in [2.45, 2.75) is 45.1 Å². The third-order valence-corrected chi connectivity index (χ3v) is 2.62. The fourth-order valence-corrected chi connectivity index (χ4v) is 1.70. The smallest absolute Gasteiger partial charge is 0.286 e. The van der Waals surface area contributed by atoms with Gasteiger partial charge in [0.25, 0.3) is 5.92 Å². The lowest BCUT2D eigenvalue weighted by Crippen LogP contribution is -2.18. The Bertz CT molecular complexity index is 416. The standard InChI is InChI=1S/C11H14F2N2O/c1-7(16)6-15-10(11(2,12)13)5-9(14-15)8-3-4-8/h5,8H,3-4,6H2,1-2H3. The van der Waals surface area contributed by atoms with Gasteiger partial charge in [-0.3, -0.25) is 9.48 Å². The van der Waals surface area contributed by atoms with Gasteiger partial charge in [0.15, 0.2) is 5.78 Å². The summed E-state index contributed by atoms with van der Waals surface area (Å²) < 4.78 is 27.7. The van der Waals surface area contributed by atoms with Gasteiger partial charge in [0.2, 0.25) is 0 Å². The number of nitrogens with zero attached hydrogens (tertiary/aromatic N) is 2. The predicted octanol–water partition coefficient (Wildman–Crippen LogP) is 2.46. The van der Waals surface area contributed by atoms with Crippen molar-refractivity contribution in [1.29, 1.82) is 0 Å². The average molecular weight is 228 g/mol. The number of hydrogen-bond donors (Lipinski definition) is 0. The molecule has 0 atom stereocenters. The topological polar surface area (TPSA) is 34.9 Å². The highest BCUT2D eigenvalue weighted by Crippen LogP contribution is 2.41. The van der Waals surface area contributed by atoms with E-state index in [2.05, 4.69) is 5.10 Å². The van der Waals surface area contributed by atoms with E-state index in [1.54, 1.807) is 0 Å². The van der Waals surface area contributed by atoms with Crippen LogP contribution in [0.1, 0.15) is 44.0 Å². The first-order valence-electron chi connectivity index (χ1n) is 5.33. The van der Waals surface area contributed by atoms with E-state index in [9.17, 15) is 13.6 Å². The van der Waals surface area contributed by atoms with Gasteiger partial charge in [0.05, 0.1) is 12.2 Å². The van der Waals surface area contributed by atoms with Crippen molar-refractivity contribution in [2.75, 3.05) is 0 Å². The molecule has 0 radical (unpaired) electrons. The van der Waals surface area contributed by atoms with E-state index < -0.39 is 5.92 Å². The Hall–Kier alpha value is -1.26. The van der Waals surface area contributed by atoms with Crippen molar-refractivity contribution >= 4 is 5.78 Å². The molecule has 1 aliphatic rings. The van der Waals surface area contributed by atoms with Crippen molar-refractivity contribution in [3.05, 3.63) is 17.5 Å². The number of aromatic nitrogens is 2. The quantitative estimate of drug-likeness (QED) is 0.793. The first-order chi connectivity index (χ1) is 7.38. The molecule has 0 aromatic carbocycles. The number of alkyl halides is 2. The molecule has 1 fully saturated rings. The summed E-state index contributed by atoms with van der Waals surface area (Å²) in [5.41, 5.74) is 0.530. The van der Waals surface area contributed by atoms with E-state index in [0.717, 1.165) is 24.4 Å². The number of Topliss-reactive ketones (excluding diaryl/α,β-unsaturated/α-hetero) is 1. The molecule has 3 nitrogen and oxygen atoms in total. The second-order valence-electron chi connectivity index (χ2n) is 4.48. The van der Waals surface area contributed by atoms with Gasteiger partial charge in [0, 0.05) is 12.8 Å². The Labute approximate surface area is 92.4 Å². The lowest BCUT2D eigenvalue weighted by Gasteiger charge is -2.11. The Kier molecular flexibility index (Phi) is 2.56. The molecular formula is C11H14F2N2O. The van der Waals surface area contributed by atoms with Gasteiger partial charge in [-0.15, -0.1) is 0 Å². The highest BCUT2D eigenvalue weighted by Gasteiger charge is 2.34. The summed E-state index contributed by atoms with van der Waals surface area (Å²) in [7, 11) is 0. The number of carbonyl (C=O) groups is 1.